The minimum absolute atomic E-state index is 0.0250. The number of anilines is 1. The van der Waals surface area contributed by atoms with Gasteiger partial charge < -0.3 is 20.3 Å². The molecule has 0 unspecified atom stereocenters. The summed E-state index contributed by atoms with van der Waals surface area (Å²) < 4.78 is 5.11. The van der Waals surface area contributed by atoms with Gasteiger partial charge in [0.05, 0.1) is 19.1 Å². The van der Waals surface area contributed by atoms with Crippen LogP contribution in [0.4, 0.5) is 5.69 Å². The van der Waals surface area contributed by atoms with Crippen molar-refractivity contribution in [3.05, 3.63) is 23.8 Å². The Hall–Kier alpha value is -2.08. The van der Waals surface area contributed by atoms with E-state index < -0.39 is 11.4 Å². The van der Waals surface area contributed by atoms with E-state index >= 15 is 0 Å². The molecule has 0 saturated heterocycles. The maximum atomic E-state index is 12.3. The van der Waals surface area contributed by atoms with Crippen molar-refractivity contribution >= 4 is 17.6 Å². The second kappa shape index (κ2) is 7.46. The SMILES string of the molecule is COc1ccc(NC(=O)CC2(C(=O)O)CCCCC2)cc1CO. The number of methoxy groups -OCH3 is 1. The van der Waals surface area contributed by atoms with Gasteiger partial charge in [0, 0.05) is 17.7 Å². The van der Waals surface area contributed by atoms with E-state index in [1.54, 1.807) is 18.2 Å². The third kappa shape index (κ3) is 4.01. The number of benzene rings is 1. The molecule has 1 aromatic rings. The Labute approximate surface area is 135 Å². The zero-order valence-electron chi connectivity index (χ0n) is 13.3. The summed E-state index contributed by atoms with van der Waals surface area (Å²) in [6.07, 6.45) is 3.77. The van der Waals surface area contributed by atoms with Crippen LogP contribution in [0.5, 0.6) is 5.75 Å². The third-order valence-corrected chi connectivity index (χ3v) is 4.50. The molecular weight excluding hydrogens is 298 g/mol. The van der Waals surface area contributed by atoms with Crippen molar-refractivity contribution in [3.63, 3.8) is 0 Å². The van der Waals surface area contributed by atoms with Crippen molar-refractivity contribution in [1.29, 1.82) is 0 Å². The molecule has 1 saturated carbocycles. The lowest BCUT2D eigenvalue weighted by Gasteiger charge is -2.32. The molecule has 0 aliphatic heterocycles. The van der Waals surface area contributed by atoms with Crippen molar-refractivity contribution < 1.29 is 24.5 Å². The molecule has 0 spiro atoms. The first kappa shape index (κ1) is 17.3. The van der Waals surface area contributed by atoms with Gasteiger partial charge in [-0.3, -0.25) is 9.59 Å². The average Bonchev–Trinajstić information content (AvgIpc) is 2.55. The number of rotatable bonds is 6. The number of carboxylic acid groups (broad SMARTS) is 1. The highest BCUT2D eigenvalue weighted by Crippen LogP contribution is 2.39. The molecule has 126 valence electrons. The Bertz CT molecular complexity index is 578. The minimum Gasteiger partial charge on any atom is -0.496 e. The van der Waals surface area contributed by atoms with Crippen LogP contribution in [0.25, 0.3) is 0 Å². The summed E-state index contributed by atoms with van der Waals surface area (Å²) in [6.45, 7) is -0.202. The van der Waals surface area contributed by atoms with Gasteiger partial charge in [0.15, 0.2) is 0 Å². The molecule has 0 bridgehead atoms. The van der Waals surface area contributed by atoms with Crippen LogP contribution in [-0.4, -0.2) is 29.2 Å². The standard InChI is InChI=1S/C17H23NO5/c1-23-14-6-5-13(9-12(14)11-19)18-15(20)10-17(16(21)22)7-3-2-4-8-17/h5-6,9,19H,2-4,7-8,10-11H2,1H3,(H,18,20)(H,21,22). The van der Waals surface area contributed by atoms with Crippen LogP contribution in [0.3, 0.4) is 0 Å². The number of hydrogen-bond donors (Lipinski definition) is 3. The molecule has 2 rings (SSSR count). The van der Waals surface area contributed by atoms with E-state index in [1.165, 1.54) is 7.11 Å². The topological polar surface area (TPSA) is 95.9 Å². The van der Waals surface area contributed by atoms with Crippen LogP contribution in [0.15, 0.2) is 18.2 Å². The second-order valence-corrected chi connectivity index (χ2v) is 6.06. The lowest BCUT2D eigenvalue weighted by Crippen LogP contribution is -2.37. The van der Waals surface area contributed by atoms with Crippen molar-refractivity contribution in [3.8, 4) is 5.75 Å². The lowest BCUT2D eigenvalue weighted by atomic mass is 9.71. The highest BCUT2D eigenvalue weighted by Gasteiger charge is 2.41. The second-order valence-electron chi connectivity index (χ2n) is 6.06. The Balaban J connectivity index is 2.08. The van der Waals surface area contributed by atoms with Gasteiger partial charge in [-0.25, -0.2) is 0 Å². The molecule has 23 heavy (non-hydrogen) atoms. The van der Waals surface area contributed by atoms with Crippen LogP contribution >= 0.6 is 0 Å². The molecule has 1 aliphatic rings. The summed E-state index contributed by atoms with van der Waals surface area (Å²) in [5.74, 6) is -0.665. The van der Waals surface area contributed by atoms with Crippen molar-refractivity contribution in [2.24, 2.45) is 5.41 Å². The number of amides is 1. The zero-order chi connectivity index (χ0) is 16.9. The molecule has 1 amide bonds. The maximum absolute atomic E-state index is 12.3. The summed E-state index contributed by atoms with van der Waals surface area (Å²) in [4.78, 5) is 23.9. The summed E-state index contributed by atoms with van der Waals surface area (Å²) >= 11 is 0. The highest BCUT2D eigenvalue weighted by atomic mass is 16.5. The normalized spacial score (nSPS) is 16.6. The number of aliphatic carboxylic acids is 1. The number of carbonyl (C=O) groups is 2. The fourth-order valence-corrected chi connectivity index (χ4v) is 3.19. The summed E-state index contributed by atoms with van der Waals surface area (Å²) in [6, 6.07) is 4.96. The van der Waals surface area contributed by atoms with Crippen molar-refractivity contribution in [2.45, 2.75) is 45.1 Å². The van der Waals surface area contributed by atoms with Crippen LogP contribution in [0.1, 0.15) is 44.1 Å². The van der Waals surface area contributed by atoms with E-state index in [9.17, 15) is 19.8 Å². The van der Waals surface area contributed by atoms with Crippen LogP contribution in [0.2, 0.25) is 0 Å². The largest absolute Gasteiger partial charge is 0.496 e. The van der Waals surface area contributed by atoms with Gasteiger partial charge in [-0.15, -0.1) is 0 Å². The Morgan fingerprint density at radius 1 is 1.26 bits per heavy atom. The van der Waals surface area contributed by atoms with Gasteiger partial charge in [-0.2, -0.15) is 0 Å². The molecule has 1 fully saturated rings. The summed E-state index contributed by atoms with van der Waals surface area (Å²) in [7, 11) is 1.51. The number of ether oxygens (including phenoxy) is 1. The number of carbonyl (C=O) groups excluding carboxylic acids is 1. The lowest BCUT2D eigenvalue weighted by molar-refractivity contribution is -0.153. The molecule has 6 nitrogen and oxygen atoms in total. The molecule has 6 heteroatoms. The average molecular weight is 321 g/mol. The fraction of sp³-hybridized carbons (Fsp3) is 0.529. The van der Waals surface area contributed by atoms with Gasteiger partial charge in [-0.05, 0) is 31.0 Å². The fourth-order valence-electron chi connectivity index (χ4n) is 3.19. The van der Waals surface area contributed by atoms with Gasteiger partial charge in [0.2, 0.25) is 5.91 Å². The zero-order valence-corrected chi connectivity index (χ0v) is 13.3. The summed E-state index contributed by atoms with van der Waals surface area (Å²) in [5.41, 5.74) is 0.140. The van der Waals surface area contributed by atoms with E-state index in [4.69, 9.17) is 4.74 Å². The maximum Gasteiger partial charge on any atom is 0.310 e. The smallest absolute Gasteiger partial charge is 0.310 e. The molecular formula is C17H23NO5. The molecule has 0 atom stereocenters. The van der Waals surface area contributed by atoms with E-state index in [0.29, 0.717) is 29.8 Å². The van der Waals surface area contributed by atoms with E-state index in [1.807, 2.05) is 0 Å². The Kier molecular flexibility index (Phi) is 5.60. The first-order valence-corrected chi connectivity index (χ1v) is 7.82. The number of hydrogen-bond acceptors (Lipinski definition) is 4. The first-order valence-electron chi connectivity index (χ1n) is 7.82. The number of aliphatic hydroxyl groups is 1. The summed E-state index contributed by atoms with van der Waals surface area (Å²) in [5, 5.41) is 21.6. The predicted molar refractivity (Wildman–Crippen MR) is 85.3 cm³/mol. The molecule has 1 aromatic carbocycles. The van der Waals surface area contributed by atoms with Crippen LogP contribution < -0.4 is 10.1 Å². The van der Waals surface area contributed by atoms with Gasteiger partial charge in [-0.1, -0.05) is 19.3 Å². The monoisotopic (exact) mass is 321 g/mol. The quantitative estimate of drug-likeness (QED) is 0.748. The van der Waals surface area contributed by atoms with Gasteiger partial charge in [0.1, 0.15) is 5.75 Å². The van der Waals surface area contributed by atoms with Crippen molar-refractivity contribution in [1.82, 2.24) is 0 Å². The van der Waals surface area contributed by atoms with Crippen LogP contribution in [0, 0.1) is 5.41 Å². The minimum atomic E-state index is -0.950. The van der Waals surface area contributed by atoms with Crippen molar-refractivity contribution in [2.75, 3.05) is 12.4 Å². The highest BCUT2D eigenvalue weighted by molar-refractivity contribution is 5.94. The number of carboxylic acids is 1. The van der Waals surface area contributed by atoms with E-state index in [-0.39, 0.29) is 18.9 Å². The molecule has 1 aliphatic carbocycles. The van der Waals surface area contributed by atoms with E-state index in [2.05, 4.69) is 5.32 Å². The van der Waals surface area contributed by atoms with Gasteiger partial charge >= 0.3 is 5.97 Å². The first-order chi connectivity index (χ1) is 11.0. The van der Waals surface area contributed by atoms with Gasteiger partial charge in [0.25, 0.3) is 0 Å². The van der Waals surface area contributed by atoms with E-state index in [0.717, 1.165) is 19.3 Å². The number of aliphatic hydroxyl groups excluding tert-OH is 1. The number of nitrogens with one attached hydrogen (secondary N) is 1. The Morgan fingerprint density at radius 2 is 1.96 bits per heavy atom. The van der Waals surface area contributed by atoms with Crippen LogP contribution in [-0.2, 0) is 16.2 Å². The predicted octanol–water partition coefficient (Wildman–Crippen LogP) is 2.55. The molecule has 3 N–H and O–H groups in total. The Morgan fingerprint density at radius 3 is 2.52 bits per heavy atom. The molecule has 0 radical (unpaired) electrons. The molecule has 0 heterocycles. The third-order valence-electron chi connectivity index (χ3n) is 4.50. The molecule has 0 aromatic heterocycles.